The number of nitrogens with one attached hydrogen (secondary N) is 1. The Morgan fingerprint density at radius 3 is 2.71 bits per heavy atom. The Morgan fingerprint density at radius 2 is 2.05 bits per heavy atom. The zero-order valence-corrected chi connectivity index (χ0v) is 13.6. The molecule has 0 bridgehead atoms. The average Bonchev–Trinajstić information content (AvgIpc) is 3.14. The molecule has 0 spiro atoms. The van der Waals surface area contributed by atoms with Gasteiger partial charge in [0.15, 0.2) is 5.82 Å². The highest BCUT2D eigenvalue weighted by molar-refractivity contribution is 9.10. The molecule has 1 aromatic rings. The van der Waals surface area contributed by atoms with E-state index in [1.807, 2.05) is 0 Å². The molecule has 1 saturated heterocycles. The SMILES string of the molecule is Nc1cc(Br)c(F)c(S(=O)(=O)NC2CCOC2C2CC2)c1. The van der Waals surface area contributed by atoms with Crippen LogP contribution in [0.3, 0.4) is 0 Å². The van der Waals surface area contributed by atoms with Crippen molar-refractivity contribution in [2.75, 3.05) is 12.3 Å². The zero-order chi connectivity index (χ0) is 15.2. The van der Waals surface area contributed by atoms with E-state index in [0.717, 1.165) is 18.9 Å². The summed E-state index contributed by atoms with van der Waals surface area (Å²) in [6.07, 6.45) is 2.61. The predicted molar refractivity (Wildman–Crippen MR) is 79.7 cm³/mol. The minimum Gasteiger partial charge on any atom is -0.399 e. The summed E-state index contributed by atoms with van der Waals surface area (Å²) in [5, 5.41) is 0. The van der Waals surface area contributed by atoms with Gasteiger partial charge in [-0.15, -0.1) is 0 Å². The monoisotopic (exact) mass is 378 g/mol. The van der Waals surface area contributed by atoms with Gasteiger partial charge in [-0.05, 0) is 53.2 Å². The van der Waals surface area contributed by atoms with E-state index >= 15 is 0 Å². The number of benzene rings is 1. The molecule has 1 aromatic carbocycles. The van der Waals surface area contributed by atoms with Gasteiger partial charge >= 0.3 is 0 Å². The lowest BCUT2D eigenvalue weighted by Gasteiger charge is -2.20. The van der Waals surface area contributed by atoms with Crippen LogP contribution < -0.4 is 10.5 Å². The molecule has 3 rings (SSSR count). The second-order valence-corrected chi connectivity index (χ2v) is 8.04. The Kier molecular flexibility index (Phi) is 3.98. The molecule has 0 aromatic heterocycles. The number of anilines is 1. The molecular formula is C13H16BrFN2O3S. The van der Waals surface area contributed by atoms with Gasteiger partial charge in [-0.3, -0.25) is 0 Å². The van der Waals surface area contributed by atoms with Crippen LogP contribution in [-0.2, 0) is 14.8 Å². The second kappa shape index (κ2) is 5.49. The fourth-order valence-electron chi connectivity index (χ4n) is 2.67. The molecule has 1 heterocycles. The molecule has 2 atom stereocenters. The van der Waals surface area contributed by atoms with Crippen molar-refractivity contribution in [3.05, 3.63) is 22.4 Å². The van der Waals surface area contributed by atoms with Crippen LogP contribution in [0.15, 0.2) is 21.5 Å². The smallest absolute Gasteiger partial charge is 0.243 e. The van der Waals surface area contributed by atoms with E-state index in [-0.39, 0.29) is 22.3 Å². The molecule has 0 radical (unpaired) electrons. The summed E-state index contributed by atoms with van der Waals surface area (Å²) in [7, 11) is -3.97. The minimum absolute atomic E-state index is 0.0317. The Labute approximate surface area is 131 Å². The number of halogens is 2. The van der Waals surface area contributed by atoms with Crippen LogP contribution in [0.2, 0.25) is 0 Å². The maximum atomic E-state index is 14.1. The van der Waals surface area contributed by atoms with Crippen molar-refractivity contribution in [2.45, 2.75) is 36.3 Å². The van der Waals surface area contributed by atoms with Crippen molar-refractivity contribution in [2.24, 2.45) is 5.92 Å². The Morgan fingerprint density at radius 1 is 1.33 bits per heavy atom. The third-order valence-corrected chi connectivity index (χ3v) is 5.90. The highest BCUT2D eigenvalue weighted by Gasteiger charge is 2.42. The fraction of sp³-hybridized carbons (Fsp3) is 0.538. The predicted octanol–water partition coefficient (Wildman–Crippen LogP) is 2.02. The minimum atomic E-state index is -3.97. The molecule has 2 unspecified atom stereocenters. The summed E-state index contributed by atoms with van der Waals surface area (Å²) in [4.78, 5) is -0.434. The number of ether oxygens (including phenoxy) is 1. The van der Waals surface area contributed by atoms with Gasteiger partial charge < -0.3 is 10.5 Å². The third-order valence-electron chi connectivity index (χ3n) is 3.84. The molecule has 3 N–H and O–H groups in total. The van der Waals surface area contributed by atoms with Gasteiger partial charge in [0.2, 0.25) is 10.0 Å². The lowest BCUT2D eigenvalue weighted by molar-refractivity contribution is 0.0848. The van der Waals surface area contributed by atoms with Gasteiger partial charge in [0.05, 0.1) is 16.6 Å². The van der Waals surface area contributed by atoms with Crippen LogP contribution in [0.25, 0.3) is 0 Å². The van der Waals surface area contributed by atoms with Crippen molar-refractivity contribution in [1.82, 2.24) is 4.72 Å². The summed E-state index contributed by atoms with van der Waals surface area (Å²) < 4.78 is 47.1. The molecule has 1 saturated carbocycles. The summed E-state index contributed by atoms with van der Waals surface area (Å²) in [6.45, 7) is 0.525. The zero-order valence-electron chi connectivity index (χ0n) is 11.2. The van der Waals surface area contributed by atoms with Crippen molar-refractivity contribution in [3.8, 4) is 0 Å². The summed E-state index contributed by atoms with van der Waals surface area (Å²) in [5.74, 6) is -0.420. The van der Waals surface area contributed by atoms with Crippen LogP contribution >= 0.6 is 15.9 Å². The van der Waals surface area contributed by atoms with Gasteiger partial charge in [-0.25, -0.2) is 17.5 Å². The largest absolute Gasteiger partial charge is 0.399 e. The highest BCUT2D eigenvalue weighted by atomic mass is 79.9. The molecule has 2 fully saturated rings. The lowest BCUT2D eigenvalue weighted by atomic mass is 10.1. The van der Waals surface area contributed by atoms with E-state index in [0.29, 0.717) is 18.9 Å². The number of hydrogen-bond acceptors (Lipinski definition) is 4. The maximum absolute atomic E-state index is 14.1. The van der Waals surface area contributed by atoms with Gasteiger partial charge in [0.1, 0.15) is 4.90 Å². The van der Waals surface area contributed by atoms with Crippen molar-refractivity contribution in [3.63, 3.8) is 0 Å². The van der Waals surface area contributed by atoms with Crippen molar-refractivity contribution < 1.29 is 17.5 Å². The Hall–Kier alpha value is -0.700. The quantitative estimate of drug-likeness (QED) is 0.785. The van der Waals surface area contributed by atoms with Crippen molar-refractivity contribution in [1.29, 1.82) is 0 Å². The topological polar surface area (TPSA) is 81.4 Å². The average molecular weight is 379 g/mol. The van der Waals surface area contributed by atoms with Crippen LogP contribution in [-0.4, -0.2) is 27.2 Å². The first kappa shape index (κ1) is 15.2. The van der Waals surface area contributed by atoms with Crippen molar-refractivity contribution >= 4 is 31.6 Å². The van der Waals surface area contributed by atoms with E-state index in [4.69, 9.17) is 10.5 Å². The molecule has 116 valence electrons. The van der Waals surface area contributed by atoms with Crippen LogP contribution in [0, 0.1) is 11.7 Å². The summed E-state index contributed by atoms with van der Waals surface area (Å²) in [5.41, 5.74) is 5.79. The molecule has 5 nitrogen and oxygen atoms in total. The van der Waals surface area contributed by atoms with Gasteiger partial charge in [0.25, 0.3) is 0 Å². The molecule has 2 aliphatic rings. The van der Waals surface area contributed by atoms with Gasteiger partial charge in [-0.2, -0.15) is 0 Å². The molecule has 1 aliphatic heterocycles. The number of hydrogen-bond donors (Lipinski definition) is 2. The van der Waals surface area contributed by atoms with E-state index in [2.05, 4.69) is 20.7 Å². The molecule has 21 heavy (non-hydrogen) atoms. The van der Waals surface area contributed by atoms with Crippen LogP contribution in [0.1, 0.15) is 19.3 Å². The first-order valence-electron chi connectivity index (χ1n) is 6.77. The van der Waals surface area contributed by atoms with Gasteiger partial charge in [-0.1, -0.05) is 0 Å². The molecule has 0 amide bonds. The van der Waals surface area contributed by atoms with Crippen LogP contribution in [0.4, 0.5) is 10.1 Å². The number of nitrogens with two attached hydrogens (primary N) is 1. The third kappa shape index (κ3) is 3.08. The van der Waals surface area contributed by atoms with E-state index in [9.17, 15) is 12.8 Å². The highest BCUT2D eigenvalue weighted by Crippen LogP contribution is 2.39. The first-order valence-corrected chi connectivity index (χ1v) is 9.04. The Balaban J connectivity index is 1.87. The fourth-order valence-corrected chi connectivity index (χ4v) is 4.69. The molecular weight excluding hydrogens is 363 g/mol. The van der Waals surface area contributed by atoms with Gasteiger partial charge in [0, 0.05) is 12.3 Å². The van der Waals surface area contributed by atoms with E-state index in [1.165, 1.54) is 6.07 Å². The second-order valence-electron chi connectivity index (χ2n) is 5.50. The number of rotatable bonds is 4. The lowest BCUT2D eigenvalue weighted by Crippen LogP contribution is -2.41. The van der Waals surface area contributed by atoms with E-state index < -0.39 is 20.7 Å². The summed E-state index contributed by atoms with van der Waals surface area (Å²) in [6, 6.07) is 2.16. The van der Waals surface area contributed by atoms with Crippen LogP contribution in [0.5, 0.6) is 0 Å². The number of nitrogen functional groups attached to an aromatic ring is 1. The van der Waals surface area contributed by atoms with E-state index in [1.54, 1.807) is 0 Å². The Bertz CT molecular complexity index is 664. The maximum Gasteiger partial charge on any atom is 0.243 e. The first-order chi connectivity index (χ1) is 9.88. The normalized spacial score (nSPS) is 26.2. The molecule has 8 heteroatoms. The molecule has 1 aliphatic carbocycles. The standard InChI is InChI=1S/C13H16BrFN2O3S/c14-9-5-8(16)6-11(12(9)15)21(18,19)17-10-3-4-20-13(10)7-1-2-7/h5-7,10,13,17H,1-4,16H2. The summed E-state index contributed by atoms with van der Waals surface area (Å²) >= 11 is 2.98. The number of sulfonamides is 1.